The Labute approximate surface area is 117 Å². The fourth-order valence-corrected chi connectivity index (χ4v) is 3.69. The number of nitrogens with one attached hydrogen (secondary N) is 1. The summed E-state index contributed by atoms with van der Waals surface area (Å²) in [5.41, 5.74) is 0.582. The third kappa shape index (κ3) is 4.15. The average Bonchev–Trinajstić information content (AvgIpc) is 2.38. The van der Waals surface area contributed by atoms with Crippen LogP contribution in [0.1, 0.15) is 24.8 Å². The Bertz CT molecular complexity index is 360. The Hall–Kier alpha value is -0.250. The summed E-state index contributed by atoms with van der Waals surface area (Å²) in [4.78, 5) is 0. The topological polar surface area (TPSA) is 12.0 Å². The fraction of sp³-hybridized carbons (Fsp3) is 0.571. The first-order valence-electron chi connectivity index (χ1n) is 6.48. The minimum atomic E-state index is -0.218. The number of halogens is 2. The molecular weight excluding hydrogens is 269 g/mol. The van der Waals surface area contributed by atoms with E-state index in [1.807, 2.05) is 0 Å². The molecule has 0 bridgehead atoms. The molecule has 0 amide bonds. The van der Waals surface area contributed by atoms with Crippen LogP contribution < -0.4 is 5.32 Å². The third-order valence-electron chi connectivity index (χ3n) is 3.43. The van der Waals surface area contributed by atoms with E-state index < -0.39 is 0 Å². The van der Waals surface area contributed by atoms with Gasteiger partial charge in [0.05, 0.1) is 0 Å². The maximum atomic E-state index is 13.5. The van der Waals surface area contributed by atoms with Crippen LogP contribution in [0.15, 0.2) is 18.2 Å². The van der Waals surface area contributed by atoms with Gasteiger partial charge < -0.3 is 5.32 Å². The van der Waals surface area contributed by atoms with Crippen molar-refractivity contribution in [3.8, 4) is 0 Å². The molecule has 4 heteroatoms. The van der Waals surface area contributed by atoms with E-state index in [0.29, 0.717) is 17.1 Å². The lowest BCUT2D eigenvalue weighted by Gasteiger charge is -2.21. The Morgan fingerprint density at radius 3 is 2.83 bits per heavy atom. The van der Waals surface area contributed by atoms with Crippen molar-refractivity contribution in [1.82, 2.24) is 5.32 Å². The number of thioether (sulfide) groups is 1. The van der Waals surface area contributed by atoms with Crippen molar-refractivity contribution in [1.29, 1.82) is 0 Å². The lowest BCUT2D eigenvalue weighted by Crippen LogP contribution is -2.20. The SMILES string of the molecule is Fc1cccc(Cl)c1CNCCC1CCSCC1. The molecule has 100 valence electrons. The summed E-state index contributed by atoms with van der Waals surface area (Å²) >= 11 is 8.03. The van der Waals surface area contributed by atoms with Gasteiger partial charge in [0, 0.05) is 17.1 Å². The summed E-state index contributed by atoms with van der Waals surface area (Å²) in [7, 11) is 0. The first-order chi connectivity index (χ1) is 8.77. The molecule has 1 aromatic carbocycles. The molecule has 1 aliphatic rings. The van der Waals surface area contributed by atoms with Crippen molar-refractivity contribution in [2.45, 2.75) is 25.8 Å². The van der Waals surface area contributed by atoms with Crippen LogP contribution in [0.4, 0.5) is 4.39 Å². The molecule has 0 radical (unpaired) electrons. The van der Waals surface area contributed by atoms with E-state index >= 15 is 0 Å². The molecule has 0 aliphatic carbocycles. The van der Waals surface area contributed by atoms with Crippen molar-refractivity contribution in [2.24, 2.45) is 5.92 Å². The van der Waals surface area contributed by atoms with Gasteiger partial charge in [-0.2, -0.15) is 11.8 Å². The first kappa shape index (κ1) is 14.2. The molecule has 1 heterocycles. The van der Waals surface area contributed by atoms with Crippen molar-refractivity contribution >= 4 is 23.4 Å². The Balaban J connectivity index is 1.71. The maximum absolute atomic E-state index is 13.5. The number of rotatable bonds is 5. The predicted molar refractivity (Wildman–Crippen MR) is 77.8 cm³/mol. The van der Waals surface area contributed by atoms with E-state index in [2.05, 4.69) is 17.1 Å². The van der Waals surface area contributed by atoms with Gasteiger partial charge in [-0.15, -0.1) is 0 Å². The van der Waals surface area contributed by atoms with Crippen LogP contribution in [-0.4, -0.2) is 18.1 Å². The molecule has 18 heavy (non-hydrogen) atoms. The summed E-state index contributed by atoms with van der Waals surface area (Å²) < 4.78 is 13.5. The van der Waals surface area contributed by atoms with Gasteiger partial charge in [-0.25, -0.2) is 4.39 Å². The van der Waals surface area contributed by atoms with E-state index in [4.69, 9.17) is 11.6 Å². The van der Waals surface area contributed by atoms with Crippen LogP contribution in [0.5, 0.6) is 0 Å². The molecule has 2 rings (SSSR count). The zero-order valence-electron chi connectivity index (χ0n) is 10.4. The van der Waals surface area contributed by atoms with Crippen LogP contribution in [0.3, 0.4) is 0 Å². The smallest absolute Gasteiger partial charge is 0.129 e. The molecule has 0 unspecified atom stereocenters. The van der Waals surface area contributed by atoms with Crippen molar-refractivity contribution in [3.05, 3.63) is 34.6 Å². The van der Waals surface area contributed by atoms with E-state index in [1.54, 1.807) is 12.1 Å². The molecule has 0 saturated carbocycles. The van der Waals surface area contributed by atoms with Crippen LogP contribution in [-0.2, 0) is 6.54 Å². The summed E-state index contributed by atoms with van der Waals surface area (Å²) in [6.07, 6.45) is 3.84. The van der Waals surface area contributed by atoms with Crippen molar-refractivity contribution < 1.29 is 4.39 Å². The summed E-state index contributed by atoms with van der Waals surface area (Å²) in [5.74, 6) is 3.21. The monoisotopic (exact) mass is 287 g/mol. The van der Waals surface area contributed by atoms with Crippen LogP contribution in [0, 0.1) is 11.7 Å². The van der Waals surface area contributed by atoms with E-state index in [0.717, 1.165) is 12.5 Å². The fourth-order valence-electron chi connectivity index (χ4n) is 2.26. The number of benzene rings is 1. The van der Waals surface area contributed by atoms with Gasteiger partial charge in [0.1, 0.15) is 5.82 Å². The molecule has 1 aliphatic heterocycles. The molecule has 1 fully saturated rings. The number of hydrogen-bond donors (Lipinski definition) is 1. The molecule has 0 spiro atoms. The molecule has 0 aromatic heterocycles. The van der Waals surface area contributed by atoms with Gasteiger partial charge in [-0.05, 0) is 55.4 Å². The Morgan fingerprint density at radius 1 is 1.33 bits per heavy atom. The maximum Gasteiger partial charge on any atom is 0.129 e. The summed E-state index contributed by atoms with van der Waals surface area (Å²) in [5, 5.41) is 3.81. The van der Waals surface area contributed by atoms with Gasteiger partial charge in [0.2, 0.25) is 0 Å². The van der Waals surface area contributed by atoms with E-state index in [1.165, 1.54) is 36.8 Å². The second-order valence-electron chi connectivity index (χ2n) is 4.72. The molecule has 1 nitrogen and oxygen atoms in total. The zero-order valence-corrected chi connectivity index (χ0v) is 12.0. The quantitative estimate of drug-likeness (QED) is 0.818. The van der Waals surface area contributed by atoms with Gasteiger partial charge in [0.15, 0.2) is 0 Å². The zero-order chi connectivity index (χ0) is 12.8. The highest BCUT2D eigenvalue weighted by molar-refractivity contribution is 7.99. The van der Waals surface area contributed by atoms with E-state index in [9.17, 15) is 4.39 Å². The summed E-state index contributed by atoms with van der Waals surface area (Å²) in [6, 6.07) is 4.84. The summed E-state index contributed by atoms with van der Waals surface area (Å²) in [6.45, 7) is 1.47. The molecule has 0 atom stereocenters. The average molecular weight is 288 g/mol. The predicted octanol–water partition coefficient (Wildman–Crippen LogP) is 4.10. The lowest BCUT2D eigenvalue weighted by atomic mass is 9.99. The van der Waals surface area contributed by atoms with Crippen LogP contribution in [0.25, 0.3) is 0 Å². The Morgan fingerprint density at radius 2 is 2.11 bits per heavy atom. The molecule has 1 N–H and O–H groups in total. The highest BCUT2D eigenvalue weighted by atomic mass is 35.5. The van der Waals surface area contributed by atoms with Gasteiger partial charge >= 0.3 is 0 Å². The second kappa shape index (κ2) is 7.37. The van der Waals surface area contributed by atoms with Gasteiger partial charge in [-0.3, -0.25) is 0 Å². The van der Waals surface area contributed by atoms with Gasteiger partial charge in [-0.1, -0.05) is 17.7 Å². The standard InChI is InChI=1S/C14H19ClFNS/c15-13-2-1-3-14(16)12(13)10-17-7-4-11-5-8-18-9-6-11/h1-3,11,17H,4-10H2. The van der Waals surface area contributed by atoms with Crippen LogP contribution in [0.2, 0.25) is 5.02 Å². The van der Waals surface area contributed by atoms with Crippen molar-refractivity contribution in [2.75, 3.05) is 18.1 Å². The second-order valence-corrected chi connectivity index (χ2v) is 6.35. The molecular formula is C14H19ClFNS. The minimum Gasteiger partial charge on any atom is -0.313 e. The Kier molecular flexibility index (Phi) is 5.80. The lowest BCUT2D eigenvalue weighted by molar-refractivity contribution is 0.435. The molecule has 1 saturated heterocycles. The largest absolute Gasteiger partial charge is 0.313 e. The number of hydrogen-bond acceptors (Lipinski definition) is 2. The normalized spacial score (nSPS) is 17.0. The third-order valence-corrected chi connectivity index (χ3v) is 4.84. The molecule has 1 aromatic rings. The van der Waals surface area contributed by atoms with Crippen molar-refractivity contribution in [3.63, 3.8) is 0 Å². The highest BCUT2D eigenvalue weighted by Crippen LogP contribution is 2.25. The highest BCUT2D eigenvalue weighted by Gasteiger charge is 2.13. The minimum absolute atomic E-state index is 0.218. The van der Waals surface area contributed by atoms with Gasteiger partial charge in [0.25, 0.3) is 0 Å². The van der Waals surface area contributed by atoms with E-state index in [-0.39, 0.29) is 5.82 Å². The first-order valence-corrected chi connectivity index (χ1v) is 8.02. The van der Waals surface area contributed by atoms with Crippen LogP contribution >= 0.6 is 23.4 Å².